The predicted octanol–water partition coefficient (Wildman–Crippen LogP) is 5.02. The SMILES string of the molecule is Cc1ccc([N+](=O)[O-])cc1NC(=S)Nc1cc(Cl)ccc1Cl. The molecule has 114 valence electrons. The molecule has 22 heavy (non-hydrogen) atoms. The second-order valence-electron chi connectivity index (χ2n) is 4.46. The van der Waals surface area contributed by atoms with Crippen LogP contribution in [0.15, 0.2) is 36.4 Å². The van der Waals surface area contributed by atoms with E-state index in [2.05, 4.69) is 10.6 Å². The smallest absolute Gasteiger partial charge is 0.271 e. The number of halogens is 2. The van der Waals surface area contributed by atoms with Crippen LogP contribution in [0.4, 0.5) is 17.1 Å². The fraction of sp³-hybridized carbons (Fsp3) is 0.0714. The fourth-order valence-electron chi connectivity index (χ4n) is 1.73. The van der Waals surface area contributed by atoms with Gasteiger partial charge in [0.1, 0.15) is 0 Å². The van der Waals surface area contributed by atoms with Gasteiger partial charge in [-0.1, -0.05) is 29.3 Å². The Bertz CT molecular complexity index is 753. The number of hydrogen-bond donors (Lipinski definition) is 2. The van der Waals surface area contributed by atoms with E-state index in [9.17, 15) is 10.1 Å². The molecule has 0 aliphatic rings. The number of benzene rings is 2. The lowest BCUT2D eigenvalue weighted by Gasteiger charge is -2.13. The quantitative estimate of drug-likeness (QED) is 0.459. The van der Waals surface area contributed by atoms with Gasteiger partial charge in [-0.05, 0) is 42.9 Å². The number of aryl methyl sites for hydroxylation is 1. The molecular weight excluding hydrogens is 345 g/mol. The highest BCUT2D eigenvalue weighted by molar-refractivity contribution is 7.80. The molecule has 0 aliphatic heterocycles. The summed E-state index contributed by atoms with van der Waals surface area (Å²) in [5, 5.41) is 17.9. The van der Waals surface area contributed by atoms with Crippen molar-refractivity contribution in [2.75, 3.05) is 10.6 Å². The molecule has 0 saturated heterocycles. The predicted molar refractivity (Wildman–Crippen MR) is 94.1 cm³/mol. The summed E-state index contributed by atoms with van der Waals surface area (Å²) in [5.74, 6) is 0. The van der Waals surface area contributed by atoms with Crippen molar-refractivity contribution in [3.8, 4) is 0 Å². The van der Waals surface area contributed by atoms with Crippen LogP contribution in [0.3, 0.4) is 0 Å². The molecule has 0 saturated carbocycles. The van der Waals surface area contributed by atoms with Crippen molar-refractivity contribution < 1.29 is 4.92 Å². The van der Waals surface area contributed by atoms with E-state index < -0.39 is 4.92 Å². The molecule has 0 radical (unpaired) electrons. The third-order valence-electron chi connectivity index (χ3n) is 2.86. The summed E-state index contributed by atoms with van der Waals surface area (Å²) in [6.07, 6.45) is 0. The third kappa shape index (κ3) is 4.07. The molecule has 2 aromatic rings. The molecule has 0 aliphatic carbocycles. The van der Waals surface area contributed by atoms with E-state index >= 15 is 0 Å². The Hall–Kier alpha value is -1.89. The molecule has 0 aromatic heterocycles. The summed E-state index contributed by atoms with van der Waals surface area (Å²) in [4.78, 5) is 10.4. The van der Waals surface area contributed by atoms with Gasteiger partial charge in [0.25, 0.3) is 5.69 Å². The van der Waals surface area contributed by atoms with Crippen molar-refractivity contribution in [1.82, 2.24) is 0 Å². The van der Waals surface area contributed by atoms with Crippen LogP contribution < -0.4 is 10.6 Å². The highest BCUT2D eigenvalue weighted by Gasteiger charge is 2.10. The molecule has 2 rings (SSSR count). The number of nitro groups is 1. The summed E-state index contributed by atoms with van der Waals surface area (Å²) in [5.41, 5.74) is 1.91. The van der Waals surface area contributed by atoms with Gasteiger partial charge >= 0.3 is 0 Å². The van der Waals surface area contributed by atoms with Crippen molar-refractivity contribution >= 4 is 57.6 Å². The summed E-state index contributed by atoms with van der Waals surface area (Å²) >= 11 is 17.1. The van der Waals surface area contributed by atoms with Crippen molar-refractivity contribution in [3.63, 3.8) is 0 Å². The lowest BCUT2D eigenvalue weighted by atomic mass is 10.2. The van der Waals surface area contributed by atoms with E-state index in [0.29, 0.717) is 21.4 Å². The highest BCUT2D eigenvalue weighted by atomic mass is 35.5. The average molecular weight is 356 g/mol. The first kappa shape index (κ1) is 16.5. The van der Waals surface area contributed by atoms with Crippen molar-refractivity contribution in [1.29, 1.82) is 0 Å². The maximum absolute atomic E-state index is 10.8. The Morgan fingerprint density at radius 1 is 1.14 bits per heavy atom. The number of thiocarbonyl (C=S) groups is 1. The molecule has 0 heterocycles. The van der Waals surface area contributed by atoms with Crippen molar-refractivity contribution in [3.05, 3.63) is 62.1 Å². The molecular formula is C14H11Cl2N3O2S. The number of nitrogens with zero attached hydrogens (tertiary/aromatic N) is 1. The van der Waals surface area contributed by atoms with Gasteiger partial charge in [-0.2, -0.15) is 0 Å². The molecule has 8 heteroatoms. The second kappa shape index (κ2) is 6.91. The van der Waals surface area contributed by atoms with Gasteiger partial charge in [-0.15, -0.1) is 0 Å². The van der Waals surface area contributed by atoms with Gasteiger partial charge in [0.15, 0.2) is 5.11 Å². The minimum Gasteiger partial charge on any atom is -0.332 e. The minimum absolute atomic E-state index is 0.0170. The molecule has 5 nitrogen and oxygen atoms in total. The maximum atomic E-state index is 10.8. The fourth-order valence-corrected chi connectivity index (χ4v) is 2.28. The lowest BCUT2D eigenvalue weighted by molar-refractivity contribution is -0.384. The van der Waals surface area contributed by atoms with Crippen LogP contribution in [0.25, 0.3) is 0 Å². The van der Waals surface area contributed by atoms with E-state index in [-0.39, 0.29) is 10.8 Å². The Balaban J connectivity index is 2.17. The van der Waals surface area contributed by atoms with Crippen molar-refractivity contribution in [2.45, 2.75) is 6.92 Å². The molecule has 0 amide bonds. The van der Waals surface area contributed by atoms with E-state index in [1.807, 2.05) is 6.92 Å². The highest BCUT2D eigenvalue weighted by Crippen LogP contribution is 2.26. The van der Waals surface area contributed by atoms with E-state index in [4.69, 9.17) is 35.4 Å². The van der Waals surface area contributed by atoms with Gasteiger partial charge in [-0.3, -0.25) is 10.1 Å². The monoisotopic (exact) mass is 355 g/mol. The number of hydrogen-bond acceptors (Lipinski definition) is 3. The summed E-state index contributed by atoms with van der Waals surface area (Å²) in [6, 6.07) is 9.45. The Morgan fingerprint density at radius 2 is 1.82 bits per heavy atom. The first-order chi connectivity index (χ1) is 10.4. The summed E-state index contributed by atoms with van der Waals surface area (Å²) in [7, 11) is 0. The van der Waals surface area contributed by atoms with E-state index in [1.165, 1.54) is 12.1 Å². The Labute approximate surface area is 142 Å². The zero-order chi connectivity index (χ0) is 16.3. The van der Waals surface area contributed by atoms with Crippen LogP contribution in [-0.2, 0) is 0 Å². The maximum Gasteiger partial charge on any atom is 0.271 e. The van der Waals surface area contributed by atoms with Gasteiger partial charge in [0, 0.05) is 22.8 Å². The average Bonchev–Trinajstić information content (AvgIpc) is 2.45. The Kier molecular flexibility index (Phi) is 5.18. The number of non-ortho nitro benzene ring substituents is 1. The third-order valence-corrected chi connectivity index (χ3v) is 3.63. The van der Waals surface area contributed by atoms with Crippen LogP contribution in [0.2, 0.25) is 10.0 Å². The van der Waals surface area contributed by atoms with Crippen molar-refractivity contribution in [2.24, 2.45) is 0 Å². The zero-order valence-electron chi connectivity index (χ0n) is 11.4. The number of anilines is 2. The second-order valence-corrected chi connectivity index (χ2v) is 5.71. The van der Waals surface area contributed by atoms with Gasteiger partial charge in [-0.25, -0.2) is 0 Å². The van der Waals surface area contributed by atoms with Gasteiger partial charge in [0.05, 0.1) is 15.6 Å². The largest absolute Gasteiger partial charge is 0.332 e. The molecule has 0 fully saturated rings. The minimum atomic E-state index is -0.463. The van der Waals surface area contributed by atoms with Crippen LogP contribution in [0, 0.1) is 17.0 Å². The first-order valence-corrected chi connectivity index (χ1v) is 7.31. The molecule has 0 unspecified atom stereocenters. The normalized spacial score (nSPS) is 10.1. The van der Waals surface area contributed by atoms with Gasteiger partial charge in [0.2, 0.25) is 0 Å². The summed E-state index contributed by atoms with van der Waals surface area (Å²) in [6.45, 7) is 1.82. The molecule has 0 atom stereocenters. The standard InChI is InChI=1S/C14H11Cl2N3O2S/c1-8-2-4-10(19(20)21)7-12(8)17-14(22)18-13-6-9(15)3-5-11(13)16/h2-7H,1H3,(H2,17,18,22). The topological polar surface area (TPSA) is 67.2 Å². The Morgan fingerprint density at radius 3 is 2.50 bits per heavy atom. The number of rotatable bonds is 3. The van der Waals surface area contributed by atoms with Gasteiger partial charge < -0.3 is 10.6 Å². The van der Waals surface area contributed by atoms with E-state index in [1.54, 1.807) is 24.3 Å². The lowest BCUT2D eigenvalue weighted by Crippen LogP contribution is -2.20. The molecule has 2 aromatic carbocycles. The molecule has 0 bridgehead atoms. The molecule has 0 spiro atoms. The van der Waals surface area contributed by atoms with E-state index in [0.717, 1.165) is 5.56 Å². The number of nitro benzene ring substituents is 1. The van der Waals surface area contributed by atoms with Crippen LogP contribution in [0.1, 0.15) is 5.56 Å². The van der Waals surface area contributed by atoms with Crippen LogP contribution in [-0.4, -0.2) is 10.0 Å². The first-order valence-electron chi connectivity index (χ1n) is 6.15. The molecule has 2 N–H and O–H groups in total. The van der Waals surface area contributed by atoms with Crippen LogP contribution >= 0.6 is 35.4 Å². The summed E-state index contributed by atoms with van der Waals surface area (Å²) < 4.78 is 0. The number of nitrogens with one attached hydrogen (secondary N) is 2. The zero-order valence-corrected chi connectivity index (χ0v) is 13.7. The van der Waals surface area contributed by atoms with Crippen LogP contribution in [0.5, 0.6) is 0 Å².